The summed E-state index contributed by atoms with van der Waals surface area (Å²) in [6, 6.07) is 20.3. The maximum absolute atomic E-state index is 9.86. The van der Waals surface area contributed by atoms with Crippen LogP contribution in [0, 0.1) is 22.7 Å². The van der Waals surface area contributed by atoms with Gasteiger partial charge in [-0.15, -0.1) is 0 Å². The third-order valence-electron chi connectivity index (χ3n) is 7.70. The molecule has 2 nitrogen and oxygen atoms in total. The van der Waals surface area contributed by atoms with Gasteiger partial charge in [0.25, 0.3) is 0 Å². The number of benzene rings is 2. The van der Waals surface area contributed by atoms with Crippen LogP contribution < -0.4 is 4.74 Å². The number of rotatable bonds is 12. The summed E-state index contributed by atoms with van der Waals surface area (Å²) in [7, 11) is 0. The maximum Gasteiger partial charge on any atom is 0.119 e. The molecule has 33 heavy (non-hydrogen) atoms. The van der Waals surface area contributed by atoms with Crippen LogP contribution in [0.25, 0.3) is 11.1 Å². The lowest BCUT2D eigenvalue weighted by Crippen LogP contribution is -2.27. The van der Waals surface area contributed by atoms with Crippen molar-refractivity contribution in [2.75, 3.05) is 6.61 Å². The van der Waals surface area contributed by atoms with E-state index in [1.54, 1.807) is 0 Å². The number of nitrogens with zero attached hydrogens (tertiary/aromatic N) is 1. The molecule has 2 aromatic carbocycles. The molecule has 0 aromatic heterocycles. The fourth-order valence-corrected chi connectivity index (χ4v) is 5.26. The quantitative estimate of drug-likeness (QED) is 0.305. The standard InChI is InChI=1S/C31H43NO/c1-4-6-7-8-9-22-33-30-16-14-28(15-17-30)26-10-12-27(13-11-26)29-18-20-31(24-32,21-19-29)23-25(3)5-2/h10-17,25,29H,4-9,18-23H2,1-3H3/t25-,29?,31?/m1/s1. The SMILES string of the molecule is CCCCCCCOc1ccc(-c2ccc(C3CCC(C#N)(C[C@H](C)CC)CC3)cc2)cc1. The predicted molar refractivity (Wildman–Crippen MR) is 139 cm³/mol. The molecule has 2 aromatic rings. The van der Waals surface area contributed by atoms with Gasteiger partial charge in [0.15, 0.2) is 0 Å². The van der Waals surface area contributed by atoms with E-state index in [0.717, 1.165) is 50.9 Å². The van der Waals surface area contributed by atoms with Crippen molar-refractivity contribution in [1.29, 1.82) is 5.26 Å². The summed E-state index contributed by atoms with van der Waals surface area (Å²) in [6.45, 7) is 7.58. The van der Waals surface area contributed by atoms with Crippen LogP contribution in [-0.4, -0.2) is 6.61 Å². The van der Waals surface area contributed by atoms with Crippen molar-refractivity contribution in [3.05, 3.63) is 54.1 Å². The average molecular weight is 446 g/mol. The molecule has 0 aliphatic heterocycles. The number of hydrogen-bond donors (Lipinski definition) is 0. The molecule has 178 valence electrons. The minimum atomic E-state index is -0.0921. The Morgan fingerprint density at radius 2 is 1.52 bits per heavy atom. The first-order valence-electron chi connectivity index (χ1n) is 13.3. The van der Waals surface area contributed by atoms with Crippen molar-refractivity contribution in [3.63, 3.8) is 0 Å². The van der Waals surface area contributed by atoms with Crippen molar-refractivity contribution in [2.45, 2.75) is 97.3 Å². The summed E-state index contributed by atoms with van der Waals surface area (Å²) in [4.78, 5) is 0. The van der Waals surface area contributed by atoms with Crippen molar-refractivity contribution >= 4 is 0 Å². The Kier molecular flexibility index (Phi) is 9.86. The first-order chi connectivity index (χ1) is 16.1. The lowest BCUT2D eigenvalue weighted by atomic mass is 9.66. The minimum absolute atomic E-state index is 0.0921. The van der Waals surface area contributed by atoms with Gasteiger partial charge in [-0.1, -0.05) is 89.3 Å². The second-order valence-corrected chi connectivity index (χ2v) is 10.3. The van der Waals surface area contributed by atoms with Crippen LogP contribution in [0.5, 0.6) is 5.75 Å². The van der Waals surface area contributed by atoms with E-state index in [2.05, 4.69) is 75.4 Å². The van der Waals surface area contributed by atoms with E-state index >= 15 is 0 Å². The zero-order valence-electron chi connectivity index (χ0n) is 21.1. The number of unbranched alkanes of at least 4 members (excludes halogenated alkanes) is 4. The normalized spacial score (nSPS) is 21.3. The molecule has 0 radical (unpaired) electrons. The Labute approximate surface area is 202 Å². The van der Waals surface area contributed by atoms with E-state index < -0.39 is 0 Å². The Balaban J connectivity index is 1.51. The average Bonchev–Trinajstić information content (AvgIpc) is 2.87. The highest BCUT2D eigenvalue weighted by Gasteiger charge is 2.36. The predicted octanol–water partition coefficient (Wildman–Crippen LogP) is 9.31. The van der Waals surface area contributed by atoms with E-state index in [1.165, 1.54) is 48.8 Å². The van der Waals surface area contributed by atoms with Crippen LogP contribution in [0.4, 0.5) is 0 Å². The van der Waals surface area contributed by atoms with Gasteiger partial charge in [-0.2, -0.15) is 5.26 Å². The molecule has 0 heterocycles. The molecule has 0 amide bonds. The molecule has 3 rings (SSSR count). The van der Waals surface area contributed by atoms with E-state index in [1.807, 2.05) is 0 Å². The zero-order chi connectivity index (χ0) is 23.5. The molecule has 2 heteroatoms. The Morgan fingerprint density at radius 3 is 2.09 bits per heavy atom. The molecule has 1 fully saturated rings. The topological polar surface area (TPSA) is 33.0 Å². The second-order valence-electron chi connectivity index (χ2n) is 10.3. The largest absolute Gasteiger partial charge is 0.494 e. The third kappa shape index (κ3) is 7.36. The highest BCUT2D eigenvalue weighted by Crippen LogP contribution is 2.46. The number of nitriles is 1. The van der Waals surface area contributed by atoms with Gasteiger partial charge in [-0.25, -0.2) is 0 Å². The van der Waals surface area contributed by atoms with Gasteiger partial charge in [0.05, 0.1) is 18.1 Å². The van der Waals surface area contributed by atoms with Crippen LogP contribution in [0.1, 0.15) is 103 Å². The summed E-state index contributed by atoms with van der Waals surface area (Å²) in [5.74, 6) is 2.19. The van der Waals surface area contributed by atoms with E-state index in [9.17, 15) is 5.26 Å². The minimum Gasteiger partial charge on any atom is -0.494 e. The fourth-order valence-electron chi connectivity index (χ4n) is 5.26. The molecule has 1 aliphatic carbocycles. The van der Waals surface area contributed by atoms with Crippen molar-refractivity contribution in [3.8, 4) is 22.9 Å². The van der Waals surface area contributed by atoms with Crippen LogP contribution in [0.15, 0.2) is 48.5 Å². The fraction of sp³-hybridized carbons (Fsp3) is 0.581. The summed E-state index contributed by atoms with van der Waals surface area (Å²) < 4.78 is 5.91. The molecule has 0 bridgehead atoms. The first-order valence-corrected chi connectivity index (χ1v) is 13.3. The molecular weight excluding hydrogens is 402 g/mol. The van der Waals surface area contributed by atoms with E-state index in [-0.39, 0.29) is 5.41 Å². The van der Waals surface area contributed by atoms with Gasteiger partial charge in [0, 0.05) is 0 Å². The smallest absolute Gasteiger partial charge is 0.119 e. The summed E-state index contributed by atoms with van der Waals surface area (Å²) >= 11 is 0. The lowest BCUT2D eigenvalue weighted by molar-refractivity contribution is 0.198. The van der Waals surface area contributed by atoms with E-state index in [4.69, 9.17) is 4.74 Å². The number of hydrogen-bond acceptors (Lipinski definition) is 2. The third-order valence-corrected chi connectivity index (χ3v) is 7.70. The van der Waals surface area contributed by atoms with Crippen LogP contribution in [-0.2, 0) is 0 Å². The van der Waals surface area contributed by atoms with Crippen molar-refractivity contribution in [2.24, 2.45) is 11.3 Å². The monoisotopic (exact) mass is 445 g/mol. The first kappa shape index (κ1) is 25.4. The highest BCUT2D eigenvalue weighted by molar-refractivity contribution is 5.64. The van der Waals surface area contributed by atoms with Gasteiger partial charge in [0.2, 0.25) is 0 Å². The zero-order valence-corrected chi connectivity index (χ0v) is 21.1. The summed E-state index contributed by atoms with van der Waals surface area (Å²) in [5.41, 5.74) is 3.82. The lowest BCUT2D eigenvalue weighted by Gasteiger charge is -2.36. The second kappa shape index (κ2) is 12.8. The number of ether oxygens (including phenoxy) is 1. The Bertz CT molecular complexity index is 853. The maximum atomic E-state index is 9.86. The van der Waals surface area contributed by atoms with Crippen molar-refractivity contribution < 1.29 is 4.74 Å². The molecular formula is C31H43NO. The molecule has 1 atom stereocenters. The van der Waals surface area contributed by atoms with E-state index in [0.29, 0.717) is 11.8 Å². The molecule has 1 saturated carbocycles. The molecule has 1 aliphatic rings. The molecule has 0 spiro atoms. The van der Waals surface area contributed by atoms with Crippen LogP contribution in [0.3, 0.4) is 0 Å². The summed E-state index contributed by atoms with van der Waals surface area (Å²) in [5, 5.41) is 9.86. The summed E-state index contributed by atoms with van der Waals surface area (Å²) in [6.07, 6.45) is 12.9. The Morgan fingerprint density at radius 1 is 0.909 bits per heavy atom. The highest BCUT2D eigenvalue weighted by atomic mass is 16.5. The Hall–Kier alpha value is -2.27. The molecule has 0 N–H and O–H groups in total. The van der Waals surface area contributed by atoms with Gasteiger partial charge in [-0.3, -0.25) is 0 Å². The molecule has 0 unspecified atom stereocenters. The van der Waals surface area contributed by atoms with Gasteiger partial charge >= 0.3 is 0 Å². The van der Waals surface area contributed by atoms with Crippen LogP contribution in [0.2, 0.25) is 0 Å². The van der Waals surface area contributed by atoms with Crippen LogP contribution >= 0.6 is 0 Å². The van der Waals surface area contributed by atoms with Crippen molar-refractivity contribution in [1.82, 2.24) is 0 Å². The molecule has 0 saturated heterocycles. The van der Waals surface area contributed by atoms with Gasteiger partial charge in [0.1, 0.15) is 5.75 Å². The van der Waals surface area contributed by atoms with Gasteiger partial charge in [-0.05, 0) is 79.2 Å². The van der Waals surface area contributed by atoms with Gasteiger partial charge < -0.3 is 4.74 Å².